The van der Waals surface area contributed by atoms with Crippen molar-refractivity contribution in [1.82, 2.24) is 0 Å². The van der Waals surface area contributed by atoms with E-state index in [4.69, 9.17) is 0 Å². The van der Waals surface area contributed by atoms with Crippen molar-refractivity contribution in [3.8, 4) is 0 Å². The minimum absolute atomic E-state index is 0.337. The molecular formula is C15H17BrO6. The van der Waals surface area contributed by atoms with Crippen LogP contribution in [0.15, 0.2) is 28.7 Å². The molecule has 0 fully saturated rings. The second kappa shape index (κ2) is 7.51. The van der Waals surface area contributed by atoms with E-state index in [2.05, 4.69) is 25.4 Å². The molecule has 0 amide bonds. The molecule has 22 heavy (non-hydrogen) atoms. The fourth-order valence-electron chi connectivity index (χ4n) is 2.23. The van der Waals surface area contributed by atoms with Crippen molar-refractivity contribution in [2.24, 2.45) is 0 Å². The number of carbonyl (C=O) groups is 3. The van der Waals surface area contributed by atoms with Crippen molar-refractivity contribution >= 4 is 33.7 Å². The second-order valence-corrected chi connectivity index (χ2v) is 5.72. The van der Waals surface area contributed by atoms with E-state index in [1.54, 1.807) is 24.3 Å². The van der Waals surface area contributed by atoms with Crippen molar-refractivity contribution < 1.29 is 29.0 Å². The molecule has 1 aromatic rings. The Morgan fingerprint density at radius 2 is 1.73 bits per heavy atom. The van der Waals surface area contributed by atoms with Crippen LogP contribution in [0.5, 0.6) is 0 Å². The molecule has 7 heteroatoms. The average Bonchev–Trinajstić information content (AvgIpc) is 2.47. The molecule has 0 aliphatic heterocycles. The number of halogens is 1. The fraction of sp³-hybridized carbons (Fsp3) is 0.400. The summed E-state index contributed by atoms with van der Waals surface area (Å²) in [5.74, 6) is -3.74. The number of benzene rings is 1. The lowest BCUT2D eigenvalue weighted by atomic mass is 9.78. The van der Waals surface area contributed by atoms with Crippen molar-refractivity contribution in [1.29, 1.82) is 0 Å². The number of aliphatic hydroxyl groups is 1. The Kier molecular flexibility index (Phi) is 6.25. The van der Waals surface area contributed by atoms with Crippen molar-refractivity contribution in [2.45, 2.75) is 24.9 Å². The van der Waals surface area contributed by atoms with Gasteiger partial charge >= 0.3 is 11.9 Å². The van der Waals surface area contributed by atoms with Crippen LogP contribution < -0.4 is 0 Å². The number of ketones is 1. The molecule has 0 bridgehead atoms. The first-order valence-electron chi connectivity index (χ1n) is 6.39. The first kappa shape index (κ1) is 18.3. The fourth-order valence-corrected chi connectivity index (χ4v) is 2.49. The van der Waals surface area contributed by atoms with Crippen LogP contribution in [0.2, 0.25) is 0 Å². The molecule has 0 aliphatic rings. The van der Waals surface area contributed by atoms with E-state index in [1.807, 2.05) is 0 Å². The van der Waals surface area contributed by atoms with Crippen LogP contribution in [-0.2, 0) is 23.9 Å². The normalized spacial score (nSPS) is 14.6. The molecule has 0 saturated heterocycles. The average molecular weight is 373 g/mol. The first-order valence-corrected chi connectivity index (χ1v) is 7.19. The van der Waals surface area contributed by atoms with E-state index in [-0.39, 0.29) is 0 Å². The van der Waals surface area contributed by atoms with Gasteiger partial charge in [-0.05, 0) is 24.6 Å². The lowest BCUT2D eigenvalue weighted by molar-refractivity contribution is -0.174. The van der Waals surface area contributed by atoms with Crippen molar-refractivity contribution in [3.05, 3.63) is 34.3 Å². The molecular weight excluding hydrogens is 356 g/mol. The predicted molar refractivity (Wildman–Crippen MR) is 81.2 cm³/mol. The van der Waals surface area contributed by atoms with Crippen LogP contribution in [0.1, 0.15) is 24.8 Å². The second-order valence-electron chi connectivity index (χ2n) is 4.80. The summed E-state index contributed by atoms with van der Waals surface area (Å²) in [6, 6.07) is 6.41. The topological polar surface area (TPSA) is 89.9 Å². The van der Waals surface area contributed by atoms with E-state index < -0.39 is 35.7 Å². The maximum absolute atomic E-state index is 12.1. The zero-order valence-electron chi connectivity index (χ0n) is 12.5. The Hall–Kier alpha value is -1.73. The molecule has 0 unspecified atom stereocenters. The Bertz CT molecular complexity index is 568. The maximum Gasteiger partial charge on any atom is 0.339 e. The smallest absolute Gasteiger partial charge is 0.339 e. The molecule has 0 heterocycles. The summed E-state index contributed by atoms with van der Waals surface area (Å²) in [5, 5.41) is 10.7. The van der Waals surface area contributed by atoms with Gasteiger partial charge in [-0.3, -0.25) is 9.59 Å². The van der Waals surface area contributed by atoms with Crippen LogP contribution >= 0.6 is 15.9 Å². The third kappa shape index (κ3) is 3.92. The van der Waals surface area contributed by atoms with Gasteiger partial charge in [0, 0.05) is 10.9 Å². The molecule has 0 aromatic heterocycles. The van der Waals surface area contributed by atoms with Gasteiger partial charge in [-0.15, -0.1) is 0 Å². The van der Waals surface area contributed by atoms with Crippen LogP contribution in [0.3, 0.4) is 0 Å². The van der Waals surface area contributed by atoms with E-state index in [0.717, 1.165) is 18.7 Å². The number of ether oxygens (including phenoxy) is 2. The number of hydrogen-bond donors (Lipinski definition) is 1. The van der Waals surface area contributed by atoms with Gasteiger partial charge in [-0.1, -0.05) is 28.1 Å². The minimum atomic E-state index is -2.33. The van der Waals surface area contributed by atoms with Crippen molar-refractivity contribution in [3.63, 3.8) is 0 Å². The van der Waals surface area contributed by atoms with Crippen LogP contribution in [0.25, 0.3) is 0 Å². The van der Waals surface area contributed by atoms with Crippen molar-refractivity contribution in [2.75, 3.05) is 14.2 Å². The number of rotatable bonds is 6. The van der Waals surface area contributed by atoms with Gasteiger partial charge in [-0.25, -0.2) is 4.79 Å². The van der Waals surface area contributed by atoms with Gasteiger partial charge in [0.05, 0.1) is 14.2 Å². The highest BCUT2D eigenvalue weighted by molar-refractivity contribution is 9.10. The predicted octanol–water partition coefficient (Wildman–Crippen LogP) is 1.59. The summed E-state index contributed by atoms with van der Waals surface area (Å²) in [4.78, 5) is 35.6. The quantitative estimate of drug-likeness (QED) is 0.762. The van der Waals surface area contributed by atoms with Crippen LogP contribution in [-0.4, -0.2) is 42.6 Å². The maximum atomic E-state index is 12.1. The summed E-state index contributed by atoms with van der Waals surface area (Å²) in [6.45, 7) is 1.21. The Balaban J connectivity index is 3.44. The summed E-state index contributed by atoms with van der Waals surface area (Å²) in [5.41, 5.74) is -1.99. The lowest BCUT2D eigenvalue weighted by Gasteiger charge is -2.31. The monoisotopic (exact) mass is 372 g/mol. The number of hydrogen-bond acceptors (Lipinski definition) is 6. The van der Waals surface area contributed by atoms with Gasteiger partial charge in [0.2, 0.25) is 0 Å². The Morgan fingerprint density at radius 1 is 1.18 bits per heavy atom. The summed E-state index contributed by atoms with van der Waals surface area (Å²) < 4.78 is 10.0. The molecule has 2 atom stereocenters. The zero-order valence-corrected chi connectivity index (χ0v) is 14.0. The number of methoxy groups -OCH3 is 2. The number of esters is 2. The molecule has 0 radical (unpaired) electrons. The molecule has 120 valence electrons. The highest BCUT2D eigenvalue weighted by Crippen LogP contribution is 2.34. The molecule has 1 aromatic carbocycles. The number of carbonyl (C=O) groups excluding carboxylic acids is 3. The third-order valence-corrected chi connectivity index (χ3v) is 3.70. The highest BCUT2D eigenvalue weighted by atomic mass is 79.9. The molecule has 0 saturated carbocycles. The molecule has 0 spiro atoms. The Labute approximate surface area is 136 Å². The highest BCUT2D eigenvalue weighted by Gasteiger charge is 2.51. The summed E-state index contributed by atoms with van der Waals surface area (Å²) in [6.07, 6.45) is -0.560. The molecule has 1 rings (SSSR count). The van der Waals surface area contributed by atoms with Crippen LogP contribution in [0, 0.1) is 0 Å². The van der Waals surface area contributed by atoms with Gasteiger partial charge in [0.15, 0.2) is 5.60 Å². The molecule has 1 N–H and O–H groups in total. The van der Waals surface area contributed by atoms with Gasteiger partial charge in [-0.2, -0.15) is 0 Å². The minimum Gasteiger partial charge on any atom is -0.468 e. The SMILES string of the molecule is COC(=O)[C@@H](c1ccc(Br)cc1)[C@](O)(CC(C)=O)C(=O)OC. The summed E-state index contributed by atoms with van der Waals surface area (Å²) in [7, 11) is 2.21. The lowest BCUT2D eigenvalue weighted by Crippen LogP contribution is -2.50. The molecule has 6 nitrogen and oxygen atoms in total. The van der Waals surface area contributed by atoms with E-state index in [1.165, 1.54) is 6.92 Å². The van der Waals surface area contributed by atoms with Gasteiger partial charge in [0.25, 0.3) is 0 Å². The van der Waals surface area contributed by atoms with E-state index >= 15 is 0 Å². The third-order valence-electron chi connectivity index (χ3n) is 3.18. The molecule has 0 aliphatic carbocycles. The van der Waals surface area contributed by atoms with Crippen LogP contribution in [0.4, 0.5) is 0 Å². The standard InChI is InChI=1S/C15H17BrO6/c1-9(17)8-15(20,14(19)22-3)12(13(18)21-2)10-4-6-11(16)7-5-10/h4-7,12,20H,8H2,1-3H3/t12-,15-/m1/s1. The Morgan fingerprint density at radius 3 is 2.14 bits per heavy atom. The number of Topliss-reactive ketones (excluding diaryl/α,β-unsaturated/α-hetero) is 1. The van der Waals surface area contributed by atoms with E-state index in [0.29, 0.717) is 5.56 Å². The van der Waals surface area contributed by atoms with Gasteiger partial charge < -0.3 is 14.6 Å². The van der Waals surface area contributed by atoms with Gasteiger partial charge in [0.1, 0.15) is 11.7 Å². The largest absolute Gasteiger partial charge is 0.468 e. The van der Waals surface area contributed by atoms with E-state index in [9.17, 15) is 19.5 Å². The first-order chi connectivity index (χ1) is 10.3. The zero-order chi connectivity index (χ0) is 16.9. The summed E-state index contributed by atoms with van der Waals surface area (Å²) >= 11 is 3.26.